The van der Waals surface area contributed by atoms with Crippen LogP contribution >= 0.6 is 0 Å². The Bertz CT molecular complexity index is 3020. The highest BCUT2D eigenvalue weighted by Crippen LogP contribution is 2.56. The van der Waals surface area contributed by atoms with Gasteiger partial charge in [0.25, 0.3) is 0 Å². The lowest BCUT2D eigenvalue weighted by Gasteiger charge is -2.28. The van der Waals surface area contributed by atoms with Gasteiger partial charge in [0.15, 0.2) is 11.2 Å². The molecule has 0 radical (unpaired) electrons. The Morgan fingerprint density at radius 2 is 1.22 bits per heavy atom. The van der Waals surface area contributed by atoms with Gasteiger partial charge >= 0.3 is 0 Å². The second-order valence-electron chi connectivity index (χ2n) is 13.9. The maximum atomic E-state index is 6.86. The summed E-state index contributed by atoms with van der Waals surface area (Å²) < 4.78 is 20.0. The molecular weight excluding hydrogens is 629 g/mol. The van der Waals surface area contributed by atoms with Crippen molar-refractivity contribution in [1.82, 2.24) is 4.98 Å². The normalized spacial score (nSPS) is 13.5. The average molecular weight is 659 g/mol. The molecule has 0 spiro atoms. The zero-order chi connectivity index (χ0) is 33.8. The van der Waals surface area contributed by atoms with E-state index in [9.17, 15) is 0 Å². The maximum Gasteiger partial charge on any atom is 0.227 e. The summed E-state index contributed by atoms with van der Waals surface area (Å²) in [5.74, 6) is 0.560. The summed E-state index contributed by atoms with van der Waals surface area (Å²) in [4.78, 5) is 7.44. The second-order valence-corrected chi connectivity index (χ2v) is 13.9. The summed E-state index contributed by atoms with van der Waals surface area (Å²) >= 11 is 0. The molecule has 7 aromatic carbocycles. The van der Waals surface area contributed by atoms with Crippen LogP contribution in [0.1, 0.15) is 25.0 Å². The Labute approximate surface area is 293 Å². The van der Waals surface area contributed by atoms with Gasteiger partial charge in [-0.05, 0) is 71.3 Å². The zero-order valence-corrected chi connectivity index (χ0v) is 28.0. The average Bonchev–Trinajstić information content (AvgIpc) is 3.92. The van der Waals surface area contributed by atoms with E-state index in [0.717, 1.165) is 72.0 Å². The van der Waals surface area contributed by atoms with Crippen molar-refractivity contribution in [3.63, 3.8) is 0 Å². The largest absolute Gasteiger partial charge is 0.456 e. The van der Waals surface area contributed by atoms with E-state index in [2.05, 4.69) is 110 Å². The lowest BCUT2D eigenvalue weighted by molar-refractivity contribution is 0.618. The van der Waals surface area contributed by atoms with E-state index in [4.69, 9.17) is 18.2 Å². The minimum Gasteiger partial charge on any atom is -0.456 e. The van der Waals surface area contributed by atoms with Gasteiger partial charge in [-0.3, -0.25) is 0 Å². The monoisotopic (exact) mass is 658 g/mol. The van der Waals surface area contributed by atoms with E-state index in [1.165, 1.54) is 22.3 Å². The van der Waals surface area contributed by atoms with Crippen molar-refractivity contribution in [2.45, 2.75) is 19.3 Å². The van der Waals surface area contributed by atoms with Gasteiger partial charge in [-0.2, -0.15) is 0 Å². The molecule has 0 saturated heterocycles. The first-order valence-corrected chi connectivity index (χ1v) is 17.3. The Balaban J connectivity index is 1.30. The van der Waals surface area contributed by atoms with Crippen LogP contribution in [-0.4, -0.2) is 4.98 Å². The molecule has 1 aliphatic carbocycles. The molecule has 0 N–H and O–H groups in total. The Kier molecular flexibility index (Phi) is 5.66. The number of para-hydroxylation sites is 2. The summed E-state index contributed by atoms with van der Waals surface area (Å²) in [6.45, 7) is 4.63. The van der Waals surface area contributed by atoms with E-state index < -0.39 is 0 Å². The number of hydrogen-bond donors (Lipinski definition) is 0. The molecule has 3 aromatic heterocycles. The van der Waals surface area contributed by atoms with E-state index in [0.29, 0.717) is 11.5 Å². The molecule has 0 amide bonds. The fourth-order valence-corrected chi connectivity index (χ4v) is 8.29. The molecule has 3 heterocycles. The van der Waals surface area contributed by atoms with Crippen LogP contribution in [0.4, 0.5) is 17.1 Å². The van der Waals surface area contributed by atoms with Crippen LogP contribution in [0.3, 0.4) is 0 Å². The Morgan fingerprint density at radius 1 is 0.529 bits per heavy atom. The molecule has 0 aliphatic heterocycles. The van der Waals surface area contributed by atoms with Crippen LogP contribution in [0.25, 0.3) is 77.6 Å². The van der Waals surface area contributed by atoms with Crippen molar-refractivity contribution in [1.29, 1.82) is 0 Å². The van der Waals surface area contributed by atoms with Gasteiger partial charge < -0.3 is 18.2 Å². The first kappa shape index (κ1) is 28.3. The molecule has 5 nitrogen and oxygen atoms in total. The highest BCUT2D eigenvalue weighted by Gasteiger charge is 2.38. The molecule has 0 saturated carbocycles. The quantitative estimate of drug-likeness (QED) is 0.188. The van der Waals surface area contributed by atoms with E-state index in [1.54, 1.807) is 0 Å². The minimum absolute atomic E-state index is 0.189. The fourth-order valence-electron chi connectivity index (χ4n) is 8.29. The molecule has 51 heavy (non-hydrogen) atoms. The summed E-state index contributed by atoms with van der Waals surface area (Å²) in [6, 6.07) is 50.5. The second kappa shape index (κ2) is 10.2. The smallest absolute Gasteiger partial charge is 0.227 e. The lowest BCUT2D eigenvalue weighted by Crippen LogP contribution is -2.16. The summed E-state index contributed by atoms with van der Waals surface area (Å²) in [7, 11) is 0. The van der Waals surface area contributed by atoms with Crippen molar-refractivity contribution in [2.75, 3.05) is 4.90 Å². The predicted molar refractivity (Wildman–Crippen MR) is 206 cm³/mol. The number of oxazole rings is 1. The number of nitrogens with zero attached hydrogens (tertiary/aromatic N) is 2. The van der Waals surface area contributed by atoms with Crippen LogP contribution < -0.4 is 4.90 Å². The molecule has 0 unspecified atom stereocenters. The summed E-state index contributed by atoms with van der Waals surface area (Å²) in [5.41, 5.74) is 13.2. The SMILES string of the molecule is CC1(C)c2ccccc2-c2c(N(c3ccc4oc5ccccc5c4c3)c3c4oc(-c5ccccc5)nc4cc4c3oc3ccccc34)cccc21. The lowest BCUT2D eigenvalue weighted by atomic mass is 9.82. The van der Waals surface area contributed by atoms with Gasteiger partial charge in [0.2, 0.25) is 5.89 Å². The number of aromatic nitrogens is 1. The van der Waals surface area contributed by atoms with Crippen LogP contribution in [-0.2, 0) is 5.41 Å². The minimum atomic E-state index is -0.189. The van der Waals surface area contributed by atoms with Crippen LogP contribution in [0, 0.1) is 0 Å². The van der Waals surface area contributed by atoms with E-state index >= 15 is 0 Å². The van der Waals surface area contributed by atoms with Crippen molar-refractivity contribution in [3.8, 4) is 22.6 Å². The number of benzene rings is 7. The van der Waals surface area contributed by atoms with E-state index in [-0.39, 0.29) is 5.41 Å². The van der Waals surface area contributed by atoms with Gasteiger partial charge in [-0.15, -0.1) is 0 Å². The topological polar surface area (TPSA) is 55.6 Å². The predicted octanol–water partition coefficient (Wildman–Crippen LogP) is 13.1. The Morgan fingerprint density at radius 3 is 2.06 bits per heavy atom. The third-order valence-corrected chi connectivity index (χ3v) is 10.7. The van der Waals surface area contributed by atoms with Crippen LogP contribution in [0.15, 0.2) is 159 Å². The number of rotatable bonds is 4. The molecule has 10 aromatic rings. The molecule has 1 aliphatic rings. The number of fused-ring (bicyclic) bond motifs is 10. The van der Waals surface area contributed by atoms with Gasteiger partial charge in [0.1, 0.15) is 28.0 Å². The third kappa shape index (κ3) is 3.94. The zero-order valence-electron chi connectivity index (χ0n) is 28.0. The summed E-state index contributed by atoms with van der Waals surface area (Å²) in [6.07, 6.45) is 0. The molecular formula is C46H30N2O3. The standard InChI is InChI=1S/C46H30N2O3/c1-46(2)34-18-9-6-17-31(34)41-35(46)19-12-20-37(41)48(28-23-24-40-32(25-28)29-15-7-10-21-38(29)49-40)42-43-33(30-16-8-11-22-39(30)50-43)26-36-44(42)51-45(47-36)27-13-4-3-5-14-27/h3-26H,1-2H3. The van der Waals surface area contributed by atoms with Crippen molar-refractivity contribution < 1.29 is 13.3 Å². The maximum absolute atomic E-state index is 6.86. The van der Waals surface area contributed by atoms with Crippen LogP contribution in [0.2, 0.25) is 0 Å². The molecule has 0 bridgehead atoms. The molecule has 11 rings (SSSR count). The fraction of sp³-hybridized carbons (Fsp3) is 0.0652. The van der Waals surface area contributed by atoms with Gasteiger partial charge in [-0.1, -0.05) is 105 Å². The van der Waals surface area contributed by atoms with E-state index in [1.807, 2.05) is 54.6 Å². The number of anilines is 3. The third-order valence-electron chi connectivity index (χ3n) is 10.7. The first-order valence-electron chi connectivity index (χ1n) is 17.3. The van der Waals surface area contributed by atoms with Crippen molar-refractivity contribution in [3.05, 3.63) is 157 Å². The van der Waals surface area contributed by atoms with Crippen molar-refractivity contribution in [2.24, 2.45) is 0 Å². The van der Waals surface area contributed by atoms with Gasteiger partial charge in [-0.25, -0.2) is 4.98 Å². The molecule has 5 heteroatoms. The number of furan rings is 2. The first-order chi connectivity index (χ1) is 25.0. The Hall–Kier alpha value is -6.59. The van der Waals surface area contributed by atoms with Gasteiger partial charge in [0, 0.05) is 43.8 Å². The highest BCUT2D eigenvalue weighted by molar-refractivity contribution is 6.19. The molecule has 242 valence electrons. The summed E-state index contributed by atoms with van der Waals surface area (Å²) in [5, 5.41) is 4.12. The number of hydrogen-bond acceptors (Lipinski definition) is 5. The van der Waals surface area contributed by atoms with Crippen LogP contribution in [0.5, 0.6) is 0 Å². The van der Waals surface area contributed by atoms with Gasteiger partial charge in [0.05, 0.1) is 5.69 Å². The molecule has 0 fully saturated rings. The highest BCUT2D eigenvalue weighted by atomic mass is 16.4. The van der Waals surface area contributed by atoms with Crippen molar-refractivity contribution >= 4 is 72.0 Å². The molecule has 0 atom stereocenters.